The average molecular weight is 492 g/mol. The van der Waals surface area contributed by atoms with E-state index in [1.807, 2.05) is 6.07 Å². The molecular formula is C26H29N5O5. The van der Waals surface area contributed by atoms with Crippen LogP contribution in [0.4, 0.5) is 16.2 Å². The number of carbonyl (C=O) groups excluding carboxylic acids is 4. The zero-order chi connectivity index (χ0) is 25.8. The van der Waals surface area contributed by atoms with Gasteiger partial charge in [-0.3, -0.25) is 19.4 Å². The van der Waals surface area contributed by atoms with Crippen molar-refractivity contribution in [3.05, 3.63) is 72.3 Å². The van der Waals surface area contributed by atoms with Crippen molar-refractivity contribution in [3.8, 4) is 0 Å². The maximum absolute atomic E-state index is 12.6. The Morgan fingerprint density at radius 3 is 2.47 bits per heavy atom. The number of urea groups is 1. The van der Waals surface area contributed by atoms with Crippen LogP contribution in [0.5, 0.6) is 0 Å². The predicted octanol–water partition coefficient (Wildman–Crippen LogP) is 2.90. The lowest BCUT2D eigenvalue weighted by Crippen LogP contribution is -2.53. The largest absolute Gasteiger partial charge is 0.466 e. The van der Waals surface area contributed by atoms with Crippen LogP contribution in [0.2, 0.25) is 0 Å². The number of aliphatic imine (C=N–C) groups is 1. The minimum absolute atomic E-state index is 0.123. The first-order valence-corrected chi connectivity index (χ1v) is 11.5. The number of para-hydroxylation sites is 1. The Kier molecular flexibility index (Phi) is 9.33. The summed E-state index contributed by atoms with van der Waals surface area (Å²) in [6, 6.07) is 14.9. The number of amides is 4. The molecule has 0 aliphatic carbocycles. The van der Waals surface area contributed by atoms with Gasteiger partial charge in [0, 0.05) is 29.6 Å². The lowest BCUT2D eigenvalue weighted by Gasteiger charge is -2.31. The Morgan fingerprint density at radius 2 is 1.75 bits per heavy atom. The van der Waals surface area contributed by atoms with E-state index >= 15 is 0 Å². The summed E-state index contributed by atoms with van der Waals surface area (Å²) in [5, 5.41) is 10.8. The Bertz CT molecular complexity index is 1150. The second kappa shape index (κ2) is 12.8. The van der Waals surface area contributed by atoms with E-state index < -0.39 is 23.4 Å². The number of carbonyl (C=O) groups is 4. The molecule has 188 valence electrons. The summed E-state index contributed by atoms with van der Waals surface area (Å²) in [6.07, 6.45) is 5.56. The van der Waals surface area contributed by atoms with Crippen molar-refractivity contribution in [1.29, 1.82) is 0 Å². The molecule has 10 nitrogen and oxygen atoms in total. The van der Waals surface area contributed by atoms with Gasteiger partial charge in [0.05, 0.1) is 25.2 Å². The molecule has 0 aromatic heterocycles. The molecule has 1 aliphatic heterocycles. The number of benzene rings is 2. The Labute approximate surface area is 209 Å². The van der Waals surface area contributed by atoms with Gasteiger partial charge in [0.2, 0.25) is 5.91 Å². The van der Waals surface area contributed by atoms with Crippen LogP contribution in [0, 0.1) is 0 Å². The number of ether oxygens (including phenoxy) is 1. The van der Waals surface area contributed by atoms with Gasteiger partial charge in [0.1, 0.15) is 0 Å². The predicted molar refractivity (Wildman–Crippen MR) is 137 cm³/mol. The topological polar surface area (TPSA) is 138 Å². The quantitative estimate of drug-likeness (QED) is 0.379. The van der Waals surface area contributed by atoms with Gasteiger partial charge in [-0.05, 0) is 49.8 Å². The summed E-state index contributed by atoms with van der Waals surface area (Å²) in [4.78, 5) is 53.4. The molecule has 4 N–H and O–H groups in total. The van der Waals surface area contributed by atoms with Crippen LogP contribution >= 0.6 is 0 Å². The molecule has 0 saturated carbocycles. The van der Waals surface area contributed by atoms with Gasteiger partial charge in [-0.2, -0.15) is 0 Å². The summed E-state index contributed by atoms with van der Waals surface area (Å²) in [6.45, 7) is 2.02. The van der Waals surface area contributed by atoms with Crippen LogP contribution in [0.15, 0.2) is 71.7 Å². The zero-order valence-corrected chi connectivity index (χ0v) is 20.0. The molecule has 0 spiro atoms. The third kappa shape index (κ3) is 8.08. The van der Waals surface area contributed by atoms with Gasteiger partial charge in [0.25, 0.3) is 5.91 Å². The number of esters is 1. The van der Waals surface area contributed by atoms with E-state index in [1.165, 1.54) is 6.07 Å². The minimum Gasteiger partial charge on any atom is -0.466 e. The van der Waals surface area contributed by atoms with Crippen molar-refractivity contribution < 1.29 is 23.9 Å². The van der Waals surface area contributed by atoms with Crippen molar-refractivity contribution in [2.75, 3.05) is 30.3 Å². The Morgan fingerprint density at radius 1 is 1.00 bits per heavy atom. The lowest BCUT2D eigenvalue weighted by molar-refractivity contribution is -0.143. The third-order valence-corrected chi connectivity index (χ3v) is 5.27. The van der Waals surface area contributed by atoms with Crippen LogP contribution in [0.25, 0.3) is 0 Å². The molecular weight excluding hydrogens is 462 g/mol. The van der Waals surface area contributed by atoms with Crippen LogP contribution < -0.4 is 21.3 Å². The first-order valence-electron chi connectivity index (χ1n) is 11.5. The van der Waals surface area contributed by atoms with E-state index in [0.29, 0.717) is 17.8 Å². The molecule has 1 heterocycles. The molecule has 4 amide bonds. The number of anilines is 2. The highest BCUT2D eigenvalue weighted by Crippen LogP contribution is 2.19. The summed E-state index contributed by atoms with van der Waals surface area (Å²) < 4.78 is 4.97. The van der Waals surface area contributed by atoms with Gasteiger partial charge in [-0.1, -0.05) is 30.3 Å². The molecule has 1 atom stereocenters. The Balaban J connectivity index is 1.52. The van der Waals surface area contributed by atoms with Crippen LogP contribution in [0.3, 0.4) is 0 Å². The van der Waals surface area contributed by atoms with Crippen molar-refractivity contribution in [3.63, 3.8) is 0 Å². The van der Waals surface area contributed by atoms with E-state index in [1.54, 1.807) is 67.8 Å². The van der Waals surface area contributed by atoms with Gasteiger partial charge in [-0.25, -0.2) is 4.79 Å². The normalized spacial score (nSPS) is 16.0. The first-order chi connectivity index (χ1) is 17.4. The molecule has 2 aromatic carbocycles. The van der Waals surface area contributed by atoms with Crippen molar-refractivity contribution in [1.82, 2.24) is 10.6 Å². The summed E-state index contributed by atoms with van der Waals surface area (Å²) in [5.74, 6) is -1.26. The molecule has 0 radical (unpaired) electrons. The van der Waals surface area contributed by atoms with Gasteiger partial charge in [-0.15, -0.1) is 0 Å². The highest BCUT2D eigenvalue weighted by Gasteiger charge is 2.31. The van der Waals surface area contributed by atoms with Gasteiger partial charge < -0.3 is 26.0 Å². The number of hydrogen-bond donors (Lipinski definition) is 4. The second-order valence-electron chi connectivity index (χ2n) is 8.07. The zero-order valence-electron chi connectivity index (χ0n) is 20.0. The number of dihydropyridines is 1. The monoisotopic (exact) mass is 491 g/mol. The number of nitrogens with zero attached hydrogens (tertiary/aromatic N) is 1. The molecule has 10 heteroatoms. The van der Waals surface area contributed by atoms with E-state index in [-0.39, 0.29) is 37.6 Å². The lowest BCUT2D eigenvalue weighted by atomic mass is 9.91. The molecule has 0 saturated heterocycles. The van der Waals surface area contributed by atoms with E-state index in [9.17, 15) is 19.2 Å². The van der Waals surface area contributed by atoms with E-state index in [2.05, 4.69) is 26.3 Å². The van der Waals surface area contributed by atoms with Gasteiger partial charge >= 0.3 is 12.0 Å². The maximum Gasteiger partial charge on any atom is 0.323 e. The summed E-state index contributed by atoms with van der Waals surface area (Å²) in [7, 11) is 0. The number of nitrogens with one attached hydrogen (secondary N) is 4. The van der Waals surface area contributed by atoms with E-state index in [0.717, 1.165) is 0 Å². The highest BCUT2D eigenvalue weighted by molar-refractivity contribution is 6.02. The highest BCUT2D eigenvalue weighted by atomic mass is 16.5. The molecule has 1 unspecified atom stereocenters. The molecule has 36 heavy (non-hydrogen) atoms. The summed E-state index contributed by atoms with van der Waals surface area (Å²) >= 11 is 0. The minimum atomic E-state index is -0.834. The van der Waals surface area contributed by atoms with Crippen molar-refractivity contribution >= 4 is 41.4 Å². The van der Waals surface area contributed by atoms with Gasteiger partial charge in [0.15, 0.2) is 0 Å². The fourth-order valence-corrected chi connectivity index (χ4v) is 3.56. The standard InChI is InChI=1S/C26H29N5O5/c1-2-36-23(33)12-14-26(13-7-15-27-18-26)31-22(32)17-28-24(34)19-8-6-11-21(16-19)30-25(35)29-20-9-4-3-5-10-20/h3-11,13,15-16H,2,12,14,17-18H2,1H3,(H,28,34)(H,31,32)(H2,29,30,35). The van der Waals surface area contributed by atoms with Crippen LogP contribution in [-0.2, 0) is 14.3 Å². The van der Waals surface area contributed by atoms with Crippen molar-refractivity contribution in [2.45, 2.75) is 25.3 Å². The fourth-order valence-electron chi connectivity index (χ4n) is 3.56. The van der Waals surface area contributed by atoms with Crippen LogP contribution in [0.1, 0.15) is 30.1 Å². The van der Waals surface area contributed by atoms with Crippen molar-refractivity contribution in [2.24, 2.45) is 4.99 Å². The molecule has 0 fully saturated rings. The van der Waals surface area contributed by atoms with Crippen LogP contribution in [-0.4, -0.2) is 55.3 Å². The maximum atomic E-state index is 12.6. The number of allylic oxidation sites excluding steroid dienone is 1. The Hall–Kier alpha value is -4.47. The third-order valence-electron chi connectivity index (χ3n) is 5.27. The van der Waals surface area contributed by atoms with E-state index in [4.69, 9.17) is 4.74 Å². The molecule has 1 aliphatic rings. The first kappa shape index (κ1) is 26.1. The second-order valence-corrected chi connectivity index (χ2v) is 8.07. The fraction of sp³-hybridized carbons (Fsp3) is 0.269. The molecule has 2 aromatic rings. The smallest absolute Gasteiger partial charge is 0.323 e. The molecule has 3 rings (SSSR count). The number of hydrogen-bond acceptors (Lipinski definition) is 6. The summed E-state index contributed by atoms with van der Waals surface area (Å²) in [5.41, 5.74) is 0.496. The molecule has 0 bridgehead atoms. The average Bonchev–Trinajstić information content (AvgIpc) is 2.87. The SMILES string of the molecule is CCOC(=O)CCC1(NC(=O)CNC(=O)c2cccc(NC(=O)Nc3ccccc3)c2)C=CC=NC1. The number of rotatable bonds is 10.